The maximum atomic E-state index is 2.95. The number of anilines is 2. The van der Waals surface area contributed by atoms with Crippen molar-refractivity contribution in [2.45, 2.75) is 88.9 Å². The molecule has 2 saturated carbocycles. The first-order chi connectivity index (χ1) is 17.7. The van der Waals surface area contributed by atoms with Gasteiger partial charge in [-0.3, -0.25) is 0 Å². The smallest absolute Gasteiger partial charge is 0.105 e. The van der Waals surface area contributed by atoms with E-state index in [1.165, 1.54) is 68.3 Å². The van der Waals surface area contributed by atoms with Crippen molar-refractivity contribution >= 4 is 11.4 Å². The lowest BCUT2D eigenvalue weighted by Crippen LogP contribution is -2.52. The Kier molecular flexibility index (Phi) is 5.42. The normalized spacial score (nSPS) is 30.2. The number of hydrogen-bond acceptors (Lipinski definition) is 2. The molecular weight excluding hydrogens is 436 g/mol. The summed E-state index contributed by atoms with van der Waals surface area (Å²) in [5.74, 6) is 1.42. The van der Waals surface area contributed by atoms with Gasteiger partial charge in [-0.25, -0.2) is 0 Å². The zero-order valence-electron chi connectivity index (χ0n) is 21.9. The molecule has 3 unspecified atom stereocenters. The van der Waals surface area contributed by atoms with Gasteiger partial charge in [-0.15, -0.1) is 0 Å². The largest absolute Gasteiger partial charge is 0.346 e. The van der Waals surface area contributed by atoms with Crippen molar-refractivity contribution in [3.8, 4) is 0 Å². The number of hydrogen-bond donors (Lipinski definition) is 0. The Labute approximate surface area is 217 Å². The highest BCUT2D eigenvalue weighted by molar-refractivity contribution is 5.74. The number of para-hydroxylation sites is 2. The van der Waals surface area contributed by atoms with E-state index in [9.17, 15) is 0 Å². The summed E-state index contributed by atoms with van der Waals surface area (Å²) in [7, 11) is 0. The highest BCUT2D eigenvalue weighted by Crippen LogP contribution is 2.62. The molecule has 1 saturated heterocycles. The Morgan fingerprint density at radius 1 is 0.667 bits per heavy atom. The Balaban J connectivity index is 1.50. The Morgan fingerprint density at radius 3 is 2.00 bits per heavy atom. The van der Waals surface area contributed by atoms with Gasteiger partial charge in [0.25, 0.3) is 0 Å². The number of nitrogens with zero attached hydrogens (tertiary/aromatic N) is 2. The summed E-state index contributed by atoms with van der Waals surface area (Å²) in [5.41, 5.74) is 7.56. The van der Waals surface area contributed by atoms with E-state index in [0.29, 0.717) is 24.2 Å². The third-order valence-electron chi connectivity index (χ3n) is 10.3. The van der Waals surface area contributed by atoms with E-state index in [4.69, 9.17) is 0 Å². The van der Waals surface area contributed by atoms with Crippen molar-refractivity contribution in [2.24, 2.45) is 11.8 Å². The van der Waals surface area contributed by atoms with Crippen LogP contribution in [0.15, 0.2) is 78.9 Å². The van der Waals surface area contributed by atoms with Crippen LogP contribution in [-0.2, 0) is 5.41 Å². The number of aryl methyl sites for hydroxylation is 1. The van der Waals surface area contributed by atoms with E-state index in [2.05, 4.69) is 103 Å². The van der Waals surface area contributed by atoms with Gasteiger partial charge >= 0.3 is 0 Å². The van der Waals surface area contributed by atoms with Crippen molar-refractivity contribution in [2.75, 3.05) is 9.80 Å². The molecule has 3 aromatic carbocycles. The molecule has 36 heavy (non-hydrogen) atoms. The fourth-order valence-corrected chi connectivity index (χ4v) is 9.07. The molecule has 4 aliphatic rings. The lowest BCUT2D eigenvalue weighted by molar-refractivity contribution is 0.275. The van der Waals surface area contributed by atoms with E-state index in [-0.39, 0.29) is 5.41 Å². The average Bonchev–Trinajstić information content (AvgIpc) is 3.71. The molecule has 2 aliphatic carbocycles. The minimum Gasteiger partial charge on any atom is -0.346 e. The molecule has 0 N–H and O–H groups in total. The van der Waals surface area contributed by atoms with E-state index < -0.39 is 0 Å². The first-order valence-electron chi connectivity index (χ1n) is 14.5. The van der Waals surface area contributed by atoms with Crippen LogP contribution in [0.3, 0.4) is 0 Å². The van der Waals surface area contributed by atoms with Gasteiger partial charge in [0.05, 0.1) is 6.04 Å². The fourth-order valence-electron chi connectivity index (χ4n) is 9.07. The number of fused-ring (bicyclic) bond motifs is 3. The van der Waals surface area contributed by atoms with Crippen LogP contribution in [0.25, 0.3) is 0 Å². The van der Waals surface area contributed by atoms with Gasteiger partial charge in [0.1, 0.15) is 6.17 Å². The first-order valence-corrected chi connectivity index (χ1v) is 14.5. The van der Waals surface area contributed by atoms with Gasteiger partial charge < -0.3 is 9.80 Å². The van der Waals surface area contributed by atoms with Gasteiger partial charge in [0, 0.05) is 22.8 Å². The van der Waals surface area contributed by atoms with Gasteiger partial charge in [-0.2, -0.15) is 0 Å². The summed E-state index contributed by atoms with van der Waals surface area (Å²) in [4.78, 5) is 5.83. The molecule has 2 heterocycles. The Morgan fingerprint density at radius 2 is 1.28 bits per heavy atom. The number of rotatable bonds is 4. The molecule has 0 radical (unpaired) electrons. The van der Waals surface area contributed by atoms with Crippen LogP contribution < -0.4 is 9.80 Å². The molecule has 3 fully saturated rings. The second kappa shape index (κ2) is 8.68. The van der Waals surface area contributed by atoms with Crippen molar-refractivity contribution in [3.63, 3.8) is 0 Å². The standard InChI is InChI=1S/C34H40N2/c1-24-14-6-12-22-30(24)35-25(2)32-34(28-19-9-10-20-28,27-17-4-3-5-18-27)29-21-11-13-23-31(29)36(32)33(35)26-15-7-8-16-26/h3-6,11-14,17-18,21-23,25-26,28,32-33H,7-10,15-16,19-20H2,1-2H3/t25-,32?,33?,34?/m0/s1. The van der Waals surface area contributed by atoms with E-state index in [1.807, 2.05) is 0 Å². The third kappa shape index (κ3) is 3.03. The molecule has 186 valence electrons. The molecule has 7 rings (SSSR count). The molecule has 0 bridgehead atoms. The fraction of sp³-hybridized carbons (Fsp3) is 0.471. The van der Waals surface area contributed by atoms with Crippen LogP contribution in [0, 0.1) is 18.8 Å². The summed E-state index contributed by atoms with van der Waals surface area (Å²) in [6, 6.07) is 31.3. The zero-order valence-corrected chi connectivity index (χ0v) is 21.9. The SMILES string of the molecule is Cc1ccccc1N1C(C2CCCC2)N2c3ccccc3C(c3ccccc3)(C3CCCC3)C2[C@@H]1C. The predicted molar refractivity (Wildman–Crippen MR) is 151 cm³/mol. The lowest BCUT2D eigenvalue weighted by atomic mass is 9.61. The van der Waals surface area contributed by atoms with E-state index >= 15 is 0 Å². The second-order valence-electron chi connectivity index (χ2n) is 12.0. The Bertz CT molecular complexity index is 1220. The number of benzene rings is 3. The minimum atomic E-state index is 0.0437. The van der Waals surface area contributed by atoms with Gasteiger partial charge in [0.2, 0.25) is 0 Å². The van der Waals surface area contributed by atoms with Crippen LogP contribution in [0.4, 0.5) is 11.4 Å². The summed E-state index contributed by atoms with van der Waals surface area (Å²) in [5, 5.41) is 0. The quantitative estimate of drug-likeness (QED) is 0.375. The van der Waals surface area contributed by atoms with Crippen LogP contribution in [0.2, 0.25) is 0 Å². The first kappa shape index (κ1) is 22.5. The van der Waals surface area contributed by atoms with E-state index in [0.717, 1.165) is 5.92 Å². The molecule has 3 aromatic rings. The molecule has 4 atom stereocenters. The maximum absolute atomic E-state index is 2.95. The van der Waals surface area contributed by atoms with Gasteiger partial charge in [0.15, 0.2) is 0 Å². The van der Waals surface area contributed by atoms with Crippen LogP contribution in [0.1, 0.15) is 75.0 Å². The Hall–Kier alpha value is -2.74. The monoisotopic (exact) mass is 476 g/mol. The van der Waals surface area contributed by atoms with E-state index in [1.54, 1.807) is 11.1 Å². The van der Waals surface area contributed by atoms with Gasteiger partial charge in [-0.05, 0) is 80.2 Å². The summed E-state index contributed by atoms with van der Waals surface area (Å²) >= 11 is 0. The predicted octanol–water partition coefficient (Wildman–Crippen LogP) is 8.08. The molecule has 2 heteroatoms. The van der Waals surface area contributed by atoms with Crippen LogP contribution in [-0.4, -0.2) is 18.2 Å². The molecule has 0 spiro atoms. The topological polar surface area (TPSA) is 6.48 Å². The van der Waals surface area contributed by atoms with Gasteiger partial charge in [-0.1, -0.05) is 92.4 Å². The second-order valence-corrected chi connectivity index (χ2v) is 12.0. The van der Waals surface area contributed by atoms with Crippen molar-refractivity contribution in [1.82, 2.24) is 0 Å². The lowest BCUT2D eigenvalue weighted by Gasteiger charge is -2.44. The summed E-state index contributed by atoms with van der Waals surface area (Å²) < 4.78 is 0. The summed E-state index contributed by atoms with van der Waals surface area (Å²) in [6.45, 7) is 4.87. The zero-order chi connectivity index (χ0) is 24.3. The molecule has 2 aliphatic heterocycles. The molecule has 2 nitrogen and oxygen atoms in total. The third-order valence-corrected chi connectivity index (χ3v) is 10.3. The minimum absolute atomic E-state index is 0.0437. The molecule has 0 aromatic heterocycles. The highest BCUT2D eigenvalue weighted by atomic mass is 15.5. The van der Waals surface area contributed by atoms with Crippen molar-refractivity contribution < 1.29 is 0 Å². The molecule has 0 amide bonds. The van der Waals surface area contributed by atoms with Crippen LogP contribution >= 0.6 is 0 Å². The van der Waals surface area contributed by atoms with Crippen LogP contribution in [0.5, 0.6) is 0 Å². The molecular formula is C34H40N2. The van der Waals surface area contributed by atoms with Crippen molar-refractivity contribution in [3.05, 3.63) is 95.6 Å². The summed E-state index contributed by atoms with van der Waals surface area (Å²) in [6.07, 6.45) is 11.3. The average molecular weight is 477 g/mol. The highest BCUT2D eigenvalue weighted by Gasteiger charge is 2.65. The maximum Gasteiger partial charge on any atom is 0.105 e. The van der Waals surface area contributed by atoms with Crippen molar-refractivity contribution in [1.29, 1.82) is 0 Å².